The van der Waals surface area contributed by atoms with Gasteiger partial charge in [-0.3, -0.25) is 0 Å². The highest BCUT2D eigenvalue weighted by Gasteiger charge is 2.18. The van der Waals surface area contributed by atoms with E-state index in [0.717, 1.165) is 25.9 Å². The van der Waals surface area contributed by atoms with Gasteiger partial charge in [-0.25, -0.2) is 9.48 Å². The smallest absolute Gasteiger partial charge is 0.360 e. The Morgan fingerprint density at radius 2 is 2.62 bits per heavy atom. The molecule has 1 aromatic rings. The molecular formula is C10H16N4O2. The van der Waals surface area contributed by atoms with E-state index in [2.05, 4.69) is 15.6 Å². The van der Waals surface area contributed by atoms with Crippen molar-refractivity contribution in [2.75, 3.05) is 19.7 Å². The Hall–Kier alpha value is -1.43. The second kappa shape index (κ2) is 5.07. The molecule has 88 valence electrons. The van der Waals surface area contributed by atoms with Crippen molar-refractivity contribution in [3.05, 3.63) is 11.9 Å². The number of piperidine rings is 1. The quantitative estimate of drug-likeness (QED) is 0.752. The van der Waals surface area contributed by atoms with Crippen LogP contribution in [0.1, 0.15) is 36.3 Å². The molecule has 0 spiro atoms. The highest BCUT2D eigenvalue weighted by Crippen LogP contribution is 2.15. The molecule has 1 aliphatic heterocycles. The van der Waals surface area contributed by atoms with Gasteiger partial charge in [-0.1, -0.05) is 5.21 Å². The summed E-state index contributed by atoms with van der Waals surface area (Å²) in [6.45, 7) is 4.06. The fraction of sp³-hybridized carbons (Fsp3) is 0.700. The number of ether oxygens (including phenoxy) is 1. The Kier molecular flexibility index (Phi) is 3.51. The van der Waals surface area contributed by atoms with Gasteiger partial charge in [0, 0.05) is 6.54 Å². The third-order valence-electron chi connectivity index (χ3n) is 2.64. The van der Waals surface area contributed by atoms with E-state index in [1.165, 1.54) is 0 Å². The summed E-state index contributed by atoms with van der Waals surface area (Å²) in [5, 5.41) is 11.1. The Bertz CT molecular complexity index is 357. The predicted molar refractivity (Wildman–Crippen MR) is 57.1 cm³/mol. The van der Waals surface area contributed by atoms with Crippen LogP contribution >= 0.6 is 0 Å². The minimum absolute atomic E-state index is 0.285. The maximum atomic E-state index is 11.4. The normalized spacial score (nSPS) is 20.7. The van der Waals surface area contributed by atoms with Crippen molar-refractivity contribution in [3.8, 4) is 0 Å². The summed E-state index contributed by atoms with van der Waals surface area (Å²) in [4.78, 5) is 11.4. The van der Waals surface area contributed by atoms with Gasteiger partial charge in [0.15, 0.2) is 5.69 Å². The topological polar surface area (TPSA) is 69.0 Å². The fourth-order valence-corrected chi connectivity index (χ4v) is 1.81. The summed E-state index contributed by atoms with van der Waals surface area (Å²) in [5.41, 5.74) is 0.285. The molecule has 1 N–H and O–H groups in total. The zero-order chi connectivity index (χ0) is 11.4. The summed E-state index contributed by atoms with van der Waals surface area (Å²) < 4.78 is 6.61. The second-order valence-corrected chi connectivity index (χ2v) is 3.80. The molecule has 16 heavy (non-hydrogen) atoms. The lowest BCUT2D eigenvalue weighted by atomic mass is 10.1. The molecule has 1 fully saturated rings. The van der Waals surface area contributed by atoms with E-state index in [1.807, 2.05) is 0 Å². The number of hydrogen-bond acceptors (Lipinski definition) is 5. The van der Waals surface area contributed by atoms with Gasteiger partial charge in [-0.2, -0.15) is 0 Å². The third-order valence-corrected chi connectivity index (χ3v) is 2.64. The summed E-state index contributed by atoms with van der Waals surface area (Å²) in [6.07, 6.45) is 3.85. The number of carbonyl (C=O) groups excluding carboxylic acids is 1. The van der Waals surface area contributed by atoms with Gasteiger partial charge < -0.3 is 10.1 Å². The first-order valence-corrected chi connectivity index (χ1v) is 5.61. The van der Waals surface area contributed by atoms with Crippen LogP contribution in [0.5, 0.6) is 0 Å². The molecule has 0 radical (unpaired) electrons. The zero-order valence-electron chi connectivity index (χ0n) is 9.35. The molecule has 1 aliphatic rings. The van der Waals surface area contributed by atoms with Gasteiger partial charge in [0.05, 0.1) is 18.8 Å². The summed E-state index contributed by atoms with van der Waals surface area (Å²) in [5.74, 6) is -0.405. The van der Waals surface area contributed by atoms with Crippen LogP contribution in [0.4, 0.5) is 0 Å². The van der Waals surface area contributed by atoms with Crippen LogP contribution in [0.3, 0.4) is 0 Å². The van der Waals surface area contributed by atoms with Crippen LogP contribution in [0.2, 0.25) is 0 Å². The molecule has 0 saturated carbocycles. The van der Waals surface area contributed by atoms with Gasteiger partial charge in [0.2, 0.25) is 0 Å². The van der Waals surface area contributed by atoms with Crippen molar-refractivity contribution < 1.29 is 9.53 Å². The second-order valence-electron chi connectivity index (χ2n) is 3.80. The third kappa shape index (κ3) is 2.38. The largest absolute Gasteiger partial charge is 0.461 e. The number of nitrogens with zero attached hydrogens (tertiary/aromatic N) is 3. The zero-order valence-corrected chi connectivity index (χ0v) is 9.35. The van der Waals surface area contributed by atoms with E-state index < -0.39 is 5.97 Å². The summed E-state index contributed by atoms with van der Waals surface area (Å²) >= 11 is 0. The maximum absolute atomic E-state index is 11.4. The van der Waals surface area contributed by atoms with Crippen molar-refractivity contribution in [3.63, 3.8) is 0 Å². The van der Waals surface area contributed by atoms with Crippen molar-refractivity contribution in [1.82, 2.24) is 20.3 Å². The van der Waals surface area contributed by atoms with E-state index in [-0.39, 0.29) is 5.69 Å². The minimum Gasteiger partial charge on any atom is -0.461 e. The molecule has 1 saturated heterocycles. The van der Waals surface area contributed by atoms with Crippen LogP contribution in [0.25, 0.3) is 0 Å². The van der Waals surface area contributed by atoms with E-state index >= 15 is 0 Å². The van der Waals surface area contributed by atoms with Crippen molar-refractivity contribution in [1.29, 1.82) is 0 Å². The van der Waals surface area contributed by atoms with Crippen LogP contribution < -0.4 is 5.32 Å². The molecule has 1 unspecified atom stereocenters. The van der Waals surface area contributed by atoms with Gasteiger partial charge in [-0.15, -0.1) is 5.10 Å². The van der Waals surface area contributed by atoms with Crippen molar-refractivity contribution in [2.24, 2.45) is 0 Å². The Labute approximate surface area is 94.0 Å². The van der Waals surface area contributed by atoms with E-state index in [0.29, 0.717) is 12.6 Å². The number of carbonyl (C=O) groups is 1. The molecule has 2 heterocycles. The Morgan fingerprint density at radius 3 is 3.31 bits per heavy atom. The lowest BCUT2D eigenvalue weighted by Crippen LogP contribution is -2.31. The molecule has 0 amide bonds. The monoisotopic (exact) mass is 224 g/mol. The van der Waals surface area contributed by atoms with E-state index in [9.17, 15) is 4.79 Å². The molecule has 0 bridgehead atoms. The van der Waals surface area contributed by atoms with Crippen LogP contribution in [-0.4, -0.2) is 40.7 Å². The SMILES string of the molecule is CCOC(=O)c1cn(C2CCCNC2)nn1. The maximum Gasteiger partial charge on any atom is 0.360 e. The first-order valence-electron chi connectivity index (χ1n) is 5.61. The molecule has 2 rings (SSSR count). The van der Waals surface area contributed by atoms with Crippen LogP contribution in [-0.2, 0) is 4.74 Å². The summed E-state index contributed by atoms with van der Waals surface area (Å²) in [7, 11) is 0. The van der Waals surface area contributed by atoms with Gasteiger partial charge >= 0.3 is 5.97 Å². The molecule has 1 atom stereocenters. The molecule has 0 aromatic carbocycles. The van der Waals surface area contributed by atoms with Crippen LogP contribution in [0.15, 0.2) is 6.20 Å². The lowest BCUT2D eigenvalue weighted by Gasteiger charge is -2.22. The standard InChI is InChI=1S/C10H16N4O2/c1-2-16-10(15)9-7-14(13-12-9)8-4-3-5-11-6-8/h7-8,11H,2-6H2,1H3. The predicted octanol–water partition coefficient (Wildman–Crippen LogP) is 0.379. The lowest BCUT2D eigenvalue weighted by molar-refractivity contribution is 0.0519. The molecule has 6 nitrogen and oxygen atoms in total. The van der Waals surface area contributed by atoms with E-state index in [1.54, 1.807) is 17.8 Å². The molecule has 1 aromatic heterocycles. The van der Waals surface area contributed by atoms with Gasteiger partial charge in [0.25, 0.3) is 0 Å². The highest BCUT2D eigenvalue weighted by molar-refractivity contribution is 5.86. The van der Waals surface area contributed by atoms with Gasteiger partial charge in [-0.05, 0) is 26.3 Å². The summed E-state index contributed by atoms with van der Waals surface area (Å²) in [6, 6.07) is 0.296. The van der Waals surface area contributed by atoms with Crippen molar-refractivity contribution in [2.45, 2.75) is 25.8 Å². The number of nitrogens with one attached hydrogen (secondary N) is 1. The molecule has 6 heteroatoms. The number of rotatable bonds is 3. The van der Waals surface area contributed by atoms with Crippen molar-refractivity contribution >= 4 is 5.97 Å². The number of esters is 1. The molecular weight excluding hydrogens is 208 g/mol. The van der Waals surface area contributed by atoms with Crippen LogP contribution in [0, 0.1) is 0 Å². The first-order chi connectivity index (χ1) is 7.81. The minimum atomic E-state index is -0.405. The number of hydrogen-bond donors (Lipinski definition) is 1. The highest BCUT2D eigenvalue weighted by atomic mass is 16.5. The first kappa shape index (κ1) is 11.1. The molecule has 0 aliphatic carbocycles. The average Bonchev–Trinajstić information content (AvgIpc) is 2.80. The number of aromatic nitrogens is 3. The van der Waals surface area contributed by atoms with E-state index in [4.69, 9.17) is 4.74 Å². The Morgan fingerprint density at radius 1 is 1.75 bits per heavy atom. The fourth-order valence-electron chi connectivity index (χ4n) is 1.81. The Balaban J connectivity index is 2.03. The van der Waals surface area contributed by atoms with Gasteiger partial charge in [0.1, 0.15) is 0 Å². The average molecular weight is 224 g/mol.